The van der Waals surface area contributed by atoms with Gasteiger partial charge in [-0.15, -0.1) is 0 Å². The molecular weight excluding hydrogens is 321 g/mol. The van der Waals surface area contributed by atoms with E-state index in [-0.39, 0.29) is 34.9 Å². The number of halogens is 3. The molecule has 2 aliphatic rings. The highest BCUT2D eigenvalue weighted by molar-refractivity contribution is 7.89. The lowest BCUT2D eigenvalue weighted by Gasteiger charge is -2.53. The van der Waals surface area contributed by atoms with Crippen LogP contribution in [0.25, 0.3) is 0 Å². The van der Waals surface area contributed by atoms with Gasteiger partial charge in [0.15, 0.2) is 0 Å². The van der Waals surface area contributed by atoms with Gasteiger partial charge >= 0.3 is 6.18 Å². The summed E-state index contributed by atoms with van der Waals surface area (Å²) in [5, 5.41) is 0. The minimum atomic E-state index is -4.61. The first-order valence-corrected chi connectivity index (χ1v) is 8.04. The first-order chi connectivity index (χ1) is 10.0. The summed E-state index contributed by atoms with van der Waals surface area (Å²) < 4.78 is 63.8. The molecule has 2 heterocycles. The molecule has 1 spiro atoms. The Balaban J connectivity index is 1.83. The number of hydrogen-bond donors (Lipinski definition) is 0. The Labute approximate surface area is 125 Å². The highest BCUT2D eigenvalue weighted by Crippen LogP contribution is 2.47. The van der Waals surface area contributed by atoms with Crippen molar-refractivity contribution in [3.05, 3.63) is 23.5 Å². The summed E-state index contributed by atoms with van der Waals surface area (Å²) in [5.74, 6) is 0.115. The van der Waals surface area contributed by atoms with Crippen molar-refractivity contribution in [3.63, 3.8) is 0 Å². The molecule has 22 heavy (non-hydrogen) atoms. The Morgan fingerprint density at radius 2 is 1.82 bits per heavy atom. The van der Waals surface area contributed by atoms with Crippen molar-refractivity contribution in [2.45, 2.75) is 30.8 Å². The van der Waals surface area contributed by atoms with Crippen LogP contribution in [-0.4, -0.2) is 36.6 Å². The van der Waals surface area contributed by atoms with Crippen LogP contribution >= 0.6 is 0 Å². The van der Waals surface area contributed by atoms with Crippen LogP contribution in [0.5, 0.6) is 0 Å². The van der Waals surface area contributed by atoms with Gasteiger partial charge in [-0.2, -0.15) is 17.5 Å². The SMILES string of the molecule is Cc1nc(C(F)(F)F)ccc1S(=O)(=O)N1CC2(CC(=O)C2)C1. The molecule has 1 aliphatic heterocycles. The number of aromatic nitrogens is 1. The van der Waals surface area contributed by atoms with E-state index >= 15 is 0 Å². The molecule has 0 radical (unpaired) electrons. The molecule has 3 rings (SSSR count). The van der Waals surface area contributed by atoms with Crippen molar-refractivity contribution in [2.75, 3.05) is 13.1 Å². The van der Waals surface area contributed by atoms with Crippen LogP contribution in [0.1, 0.15) is 24.2 Å². The van der Waals surface area contributed by atoms with Gasteiger partial charge in [0, 0.05) is 31.3 Å². The smallest absolute Gasteiger partial charge is 0.300 e. The zero-order chi connectivity index (χ0) is 16.3. The standard InChI is InChI=1S/C13H13F3N2O3S/c1-8-10(2-3-11(17-8)13(14,15)16)22(20,21)18-6-12(7-18)4-9(19)5-12/h2-3H,4-7H2,1H3. The number of hydrogen-bond acceptors (Lipinski definition) is 4. The highest BCUT2D eigenvalue weighted by atomic mass is 32.2. The minimum absolute atomic E-state index is 0.115. The molecule has 2 fully saturated rings. The molecule has 1 aromatic heterocycles. The summed E-state index contributed by atoms with van der Waals surface area (Å²) >= 11 is 0. The third kappa shape index (κ3) is 2.32. The third-order valence-corrected chi connectivity index (χ3v) is 6.04. The molecule has 0 atom stereocenters. The number of sulfonamides is 1. The van der Waals surface area contributed by atoms with Crippen LogP contribution in [0, 0.1) is 12.3 Å². The van der Waals surface area contributed by atoms with E-state index in [4.69, 9.17) is 0 Å². The van der Waals surface area contributed by atoms with Gasteiger partial charge in [-0.05, 0) is 19.1 Å². The zero-order valence-electron chi connectivity index (χ0n) is 11.6. The number of Topliss-reactive ketones (excluding diaryl/α,β-unsaturated/α-hetero) is 1. The Kier molecular flexibility index (Phi) is 3.16. The van der Waals surface area contributed by atoms with Crippen molar-refractivity contribution in [1.82, 2.24) is 9.29 Å². The van der Waals surface area contributed by atoms with E-state index in [0.29, 0.717) is 18.9 Å². The molecular formula is C13H13F3N2O3S. The Hall–Kier alpha value is -1.48. The predicted octanol–water partition coefficient (Wildman–Crippen LogP) is 1.76. The van der Waals surface area contributed by atoms with Crippen LogP contribution in [0.4, 0.5) is 13.2 Å². The summed E-state index contributed by atoms with van der Waals surface area (Å²) in [6.45, 7) is 1.72. The van der Waals surface area contributed by atoms with E-state index in [1.165, 1.54) is 11.2 Å². The summed E-state index contributed by atoms with van der Waals surface area (Å²) in [5.41, 5.74) is -1.55. The lowest BCUT2D eigenvalue weighted by molar-refractivity contribution is -0.141. The van der Waals surface area contributed by atoms with Gasteiger partial charge in [0.1, 0.15) is 16.4 Å². The molecule has 0 aromatic carbocycles. The van der Waals surface area contributed by atoms with Gasteiger partial charge in [-0.3, -0.25) is 4.79 Å². The van der Waals surface area contributed by atoms with E-state index in [9.17, 15) is 26.4 Å². The number of rotatable bonds is 2. The van der Waals surface area contributed by atoms with E-state index in [2.05, 4.69) is 4.98 Å². The second-order valence-corrected chi connectivity index (χ2v) is 7.85. The van der Waals surface area contributed by atoms with Crippen LogP contribution in [-0.2, 0) is 21.0 Å². The first-order valence-electron chi connectivity index (χ1n) is 6.60. The number of nitrogens with zero attached hydrogens (tertiary/aromatic N) is 2. The summed E-state index contributed by atoms with van der Waals surface area (Å²) in [7, 11) is -3.87. The average molecular weight is 334 g/mol. The molecule has 1 saturated carbocycles. The monoisotopic (exact) mass is 334 g/mol. The topological polar surface area (TPSA) is 67.3 Å². The predicted molar refractivity (Wildman–Crippen MR) is 69.4 cm³/mol. The van der Waals surface area contributed by atoms with Gasteiger partial charge in [0.05, 0.1) is 5.69 Å². The van der Waals surface area contributed by atoms with Crippen molar-refractivity contribution in [3.8, 4) is 0 Å². The van der Waals surface area contributed by atoms with E-state index in [0.717, 1.165) is 6.07 Å². The normalized spacial score (nSPS) is 21.5. The van der Waals surface area contributed by atoms with Crippen LogP contribution in [0.2, 0.25) is 0 Å². The number of carbonyl (C=O) groups excluding carboxylic acids is 1. The maximum atomic E-state index is 12.6. The number of carbonyl (C=O) groups is 1. The molecule has 0 N–H and O–H groups in total. The van der Waals surface area contributed by atoms with E-state index < -0.39 is 21.9 Å². The van der Waals surface area contributed by atoms with Crippen LogP contribution < -0.4 is 0 Å². The fraction of sp³-hybridized carbons (Fsp3) is 0.538. The van der Waals surface area contributed by atoms with Gasteiger partial charge < -0.3 is 0 Å². The number of pyridine rings is 1. The van der Waals surface area contributed by atoms with Crippen LogP contribution in [0.3, 0.4) is 0 Å². The molecule has 0 unspecified atom stereocenters. The molecule has 1 aromatic rings. The van der Waals surface area contributed by atoms with Crippen molar-refractivity contribution < 1.29 is 26.4 Å². The molecule has 5 nitrogen and oxygen atoms in total. The number of aryl methyl sites for hydroxylation is 1. The number of ketones is 1. The van der Waals surface area contributed by atoms with Gasteiger partial charge in [0.2, 0.25) is 10.0 Å². The second-order valence-electron chi connectivity index (χ2n) is 5.94. The van der Waals surface area contributed by atoms with Crippen molar-refractivity contribution in [2.24, 2.45) is 5.41 Å². The number of alkyl halides is 3. The molecule has 9 heteroatoms. The first kappa shape index (κ1) is 15.4. The van der Waals surface area contributed by atoms with Crippen molar-refractivity contribution in [1.29, 1.82) is 0 Å². The van der Waals surface area contributed by atoms with Gasteiger partial charge in [0.25, 0.3) is 0 Å². The average Bonchev–Trinajstić information content (AvgIpc) is 2.30. The summed E-state index contributed by atoms with van der Waals surface area (Å²) in [6.07, 6.45) is -3.85. The van der Waals surface area contributed by atoms with Crippen LogP contribution in [0.15, 0.2) is 17.0 Å². The quantitative estimate of drug-likeness (QED) is 0.827. The Morgan fingerprint density at radius 3 is 2.27 bits per heavy atom. The zero-order valence-corrected chi connectivity index (χ0v) is 12.5. The van der Waals surface area contributed by atoms with Crippen molar-refractivity contribution >= 4 is 15.8 Å². The summed E-state index contributed by atoms with van der Waals surface area (Å²) in [6, 6.07) is 1.61. The lowest BCUT2D eigenvalue weighted by atomic mass is 9.64. The minimum Gasteiger partial charge on any atom is -0.300 e. The Morgan fingerprint density at radius 1 is 1.23 bits per heavy atom. The van der Waals surface area contributed by atoms with E-state index in [1.807, 2.05) is 0 Å². The lowest BCUT2D eigenvalue weighted by Crippen LogP contribution is -2.63. The summed E-state index contributed by atoms with van der Waals surface area (Å²) in [4.78, 5) is 14.2. The largest absolute Gasteiger partial charge is 0.433 e. The van der Waals surface area contributed by atoms with Gasteiger partial charge in [-0.1, -0.05) is 0 Å². The molecule has 120 valence electrons. The fourth-order valence-corrected chi connectivity index (χ4v) is 4.82. The maximum absolute atomic E-state index is 12.6. The highest BCUT2D eigenvalue weighted by Gasteiger charge is 2.55. The fourth-order valence-electron chi connectivity index (χ4n) is 3.00. The molecule has 0 bridgehead atoms. The maximum Gasteiger partial charge on any atom is 0.433 e. The molecule has 0 amide bonds. The Bertz CT molecular complexity index is 742. The third-order valence-electron chi connectivity index (χ3n) is 4.11. The van der Waals surface area contributed by atoms with E-state index in [1.54, 1.807) is 0 Å². The molecule has 1 aliphatic carbocycles. The molecule has 1 saturated heterocycles. The van der Waals surface area contributed by atoms with Gasteiger partial charge in [-0.25, -0.2) is 13.4 Å². The second kappa shape index (κ2) is 4.51.